The van der Waals surface area contributed by atoms with Gasteiger partial charge in [-0.25, -0.2) is 4.98 Å². The van der Waals surface area contributed by atoms with Gasteiger partial charge in [0.1, 0.15) is 5.82 Å². The molecule has 1 saturated carbocycles. The Kier molecular flexibility index (Phi) is 2.19. The van der Waals surface area contributed by atoms with E-state index >= 15 is 0 Å². The highest BCUT2D eigenvalue weighted by Gasteiger charge is 2.33. The highest BCUT2D eigenvalue weighted by Crippen LogP contribution is 2.31. The molecule has 1 heterocycles. The lowest BCUT2D eigenvalue weighted by molar-refractivity contribution is -0.0202. The summed E-state index contributed by atoms with van der Waals surface area (Å²) in [5.41, 5.74) is -0.475. The molecule has 0 aliphatic heterocycles. The maximum Gasteiger partial charge on any atom is 0.125 e. The van der Waals surface area contributed by atoms with Gasteiger partial charge in [0.15, 0.2) is 0 Å². The quantitative estimate of drug-likeness (QED) is 0.735. The van der Waals surface area contributed by atoms with Gasteiger partial charge in [-0.2, -0.15) is 0 Å². The second-order valence-electron chi connectivity index (χ2n) is 3.65. The summed E-state index contributed by atoms with van der Waals surface area (Å²) in [7, 11) is 0. The smallest absolute Gasteiger partial charge is 0.125 e. The van der Waals surface area contributed by atoms with Crippen molar-refractivity contribution in [2.24, 2.45) is 0 Å². The predicted molar refractivity (Wildman–Crippen MR) is 51.5 cm³/mol. The molecule has 0 saturated heterocycles. The lowest BCUT2D eigenvalue weighted by Gasteiger charge is -2.36. The van der Waals surface area contributed by atoms with Crippen LogP contribution < -0.4 is 5.32 Å². The van der Waals surface area contributed by atoms with E-state index in [0.29, 0.717) is 6.54 Å². The summed E-state index contributed by atoms with van der Waals surface area (Å²) in [5, 5.41) is 12.9. The van der Waals surface area contributed by atoms with Crippen molar-refractivity contribution in [3.63, 3.8) is 0 Å². The van der Waals surface area contributed by atoms with Crippen LogP contribution in [0.25, 0.3) is 0 Å². The number of hydrogen-bond acceptors (Lipinski definition) is 3. The number of nitrogens with one attached hydrogen (secondary N) is 1. The molecule has 0 atom stereocenters. The van der Waals surface area contributed by atoms with Crippen LogP contribution in [0.2, 0.25) is 0 Å². The summed E-state index contributed by atoms with van der Waals surface area (Å²) in [6.07, 6.45) is 4.70. The lowest BCUT2D eigenvalue weighted by atomic mass is 9.80. The molecule has 1 fully saturated rings. The molecule has 3 nitrogen and oxygen atoms in total. The SMILES string of the molecule is OC1(CNc2ccccn2)CCC1. The van der Waals surface area contributed by atoms with Crippen LogP contribution in [-0.2, 0) is 0 Å². The average molecular weight is 178 g/mol. The first-order valence-electron chi connectivity index (χ1n) is 4.66. The topological polar surface area (TPSA) is 45.1 Å². The Morgan fingerprint density at radius 3 is 2.85 bits per heavy atom. The first kappa shape index (κ1) is 8.51. The van der Waals surface area contributed by atoms with Gasteiger partial charge in [-0.05, 0) is 31.4 Å². The monoisotopic (exact) mass is 178 g/mol. The van der Waals surface area contributed by atoms with Crippen LogP contribution in [0.1, 0.15) is 19.3 Å². The van der Waals surface area contributed by atoms with Crippen molar-refractivity contribution >= 4 is 5.82 Å². The fourth-order valence-corrected chi connectivity index (χ4v) is 1.48. The van der Waals surface area contributed by atoms with E-state index in [4.69, 9.17) is 0 Å². The molecule has 0 amide bonds. The Bertz CT molecular complexity index is 270. The van der Waals surface area contributed by atoms with Crippen molar-refractivity contribution in [1.82, 2.24) is 4.98 Å². The average Bonchev–Trinajstić information content (AvgIpc) is 2.13. The van der Waals surface area contributed by atoms with Crippen LogP contribution in [0.4, 0.5) is 5.82 Å². The van der Waals surface area contributed by atoms with Crippen molar-refractivity contribution in [3.8, 4) is 0 Å². The Balaban J connectivity index is 1.86. The van der Waals surface area contributed by atoms with E-state index in [1.807, 2.05) is 18.2 Å². The molecule has 1 aromatic rings. The van der Waals surface area contributed by atoms with Crippen molar-refractivity contribution in [3.05, 3.63) is 24.4 Å². The minimum Gasteiger partial charge on any atom is -0.388 e. The van der Waals surface area contributed by atoms with Crippen LogP contribution in [0, 0.1) is 0 Å². The molecule has 70 valence electrons. The summed E-state index contributed by atoms with van der Waals surface area (Å²) < 4.78 is 0. The summed E-state index contributed by atoms with van der Waals surface area (Å²) in [5.74, 6) is 0.836. The fourth-order valence-electron chi connectivity index (χ4n) is 1.48. The van der Waals surface area contributed by atoms with Crippen molar-refractivity contribution in [2.75, 3.05) is 11.9 Å². The van der Waals surface area contributed by atoms with Gasteiger partial charge in [-0.3, -0.25) is 0 Å². The molecule has 3 heteroatoms. The van der Waals surface area contributed by atoms with Crippen molar-refractivity contribution < 1.29 is 5.11 Å². The van der Waals surface area contributed by atoms with E-state index in [9.17, 15) is 5.11 Å². The van der Waals surface area contributed by atoms with Gasteiger partial charge in [0.2, 0.25) is 0 Å². The van der Waals surface area contributed by atoms with Gasteiger partial charge in [0.05, 0.1) is 5.60 Å². The van der Waals surface area contributed by atoms with Gasteiger partial charge in [0.25, 0.3) is 0 Å². The third-order valence-electron chi connectivity index (χ3n) is 2.55. The van der Waals surface area contributed by atoms with Gasteiger partial charge in [-0.15, -0.1) is 0 Å². The van der Waals surface area contributed by atoms with Gasteiger partial charge in [-0.1, -0.05) is 6.07 Å². The molecule has 2 rings (SSSR count). The molecule has 13 heavy (non-hydrogen) atoms. The minimum absolute atomic E-state index is 0.475. The number of hydrogen-bond donors (Lipinski definition) is 2. The highest BCUT2D eigenvalue weighted by molar-refractivity contribution is 5.33. The van der Waals surface area contributed by atoms with Gasteiger partial charge < -0.3 is 10.4 Å². The Labute approximate surface area is 77.8 Å². The molecule has 1 aromatic heterocycles. The summed E-state index contributed by atoms with van der Waals surface area (Å²) in [6, 6.07) is 5.71. The second-order valence-corrected chi connectivity index (χ2v) is 3.65. The molecule has 0 aromatic carbocycles. The first-order chi connectivity index (χ1) is 6.29. The standard InChI is InChI=1S/C10H14N2O/c13-10(5-3-6-10)8-12-9-4-1-2-7-11-9/h1-2,4,7,13H,3,5-6,8H2,(H,11,12). The van der Waals surface area contributed by atoms with Gasteiger partial charge >= 0.3 is 0 Å². The summed E-state index contributed by atoms with van der Waals surface area (Å²) >= 11 is 0. The third kappa shape index (κ3) is 1.98. The van der Waals surface area contributed by atoms with Crippen LogP contribution in [0.5, 0.6) is 0 Å². The van der Waals surface area contributed by atoms with E-state index in [-0.39, 0.29) is 0 Å². The number of nitrogens with zero attached hydrogens (tertiary/aromatic N) is 1. The third-order valence-corrected chi connectivity index (χ3v) is 2.55. The van der Waals surface area contributed by atoms with Gasteiger partial charge in [0, 0.05) is 12.7 Å². The molecule has 0 radical (unpaired) electrons. The number of pyridine rings is 1. The lowest BCUT2D eigenvalue weighted by Crippen LogP contribution is -2.43. The van der Waals surface area contributed by atoms with Crippen LogP contribution in [-0.4, -0.2) is 22.2 Å². The highest BCUT2D eigenvalue weighted by atomic mass is 16.3. The maximum atomic E-state index is 9.78. The Hall–Kier alpha value is -1.09. The predicted octanol–water partition coefficient (Wildman–Crippen LogP) is 1.41. The normalized spacial score (nSPS) is 19.2. The Morgan fingerprint density at radius 2 is 2.31 bits per heavy atom. The van der Waals surface area contributed by atoms with E-state index in [1.165, 1.54) is 0 Å². The first-order valence-corrected chi connectivity index (χ1v) is 4.66. The minimum atomic E-state index is -0.475. The summed E-state index contributed by atoms with van der Waals surface area (Å²) in [4.78, 5) is 4.12. The maximum absolute atomic E-state index is 9.78. The van der Waals surface area contributed by atoms with E-state index in [1.54, 1.807) is 6.20 Å². The Morgan fingerprint density at radius 1 is 1.46 bits per heavy atom. The zero-order valence-electron chi connectivity index (χ0n) is 7.53. The molecule has 0 unspecified atom stereocenters. The zero-order valence-corrected chi connectivity index (χ0v) is 7.53. The van der Waals surface area contributed by atoms with E-state index in [0.717, 1.165) is 25.1 Å². The largest absolute Gasteiger partial charge is 0.388 e. The molecule has 0 bridgehead atoms. The van der Waals surface area contributed by atoms with Crippen LogP contribution in [0.3, 0.4) is 0 Å². The number of anilines is 1. The molecule has 0 spiro atoms. The molecule has 1 aliphatic carbocycles. The second kappa shape index (κ2) is 3.34. The molecular weight excluding hydrogens is 164 g/mol. The molecule has 1 aliphatic rings. The number of aromatic nitrogens is 1. The number of aliphatic hydroxyl groups is 1. The van der Waals surface area contributed by atoms with E-state index in [2.05, 4.69) is 10.3 Å². The van der Waals surface area contributed by atoms with Crippen LogP contribution >= 0.6 is 0 Å². The summed E-state index contributed by atoms with van der Waals surface area (Å²) in [6.45, 7) is 0.615. The van der Waals surface area contributed by atoms with Crippen molar-refractivity contribution in [1.29, 1.82) is 0 Å². The number of rotatable bonds is 3. The molecular formula is C10H14N2O. The van der Waals surface area contributed by atoms with Crippen molar-refractivity contribution in [2.45, 2.75) is 24.9 Å². The van der Waals surface area contributed by atoms with E-state index < -0.39 is 5.60 Å². The fraction of sp³-hybridized carbons (Fsp3) is 0.500. The van der Waals surface area contributed by atoms with Crippen LogP contribution in [0.15, 0.2) is 24.4 Å². The molecule has 2 N–H and O–H groups in total. The zero-order chi connectivity index (χ0) is 9.15.